The molecule has 4 nitrogen and oxygen atoms in total. The fourth-order valence-corrected chi connectivity index (χ4v) is 2.90. The smallest absolute Gasteiger partial charge is 0.202 e. The number of aromatic nitrogens is 2. The first-order valence-electron chi connectivity index (χ1n) is 7.67. The lowest BCUT2D eigenvalue weighted by Crippen LogP contribution is -2.04. The Balaban J connectivity index is 1.49. The maximum atomic E-state index is 12.9. The van der Waals surface area contributed by atoms with Gasteiger partial charge in [0, 0.05) is 24.5 Å². The zero-order chi connectivity index (χ0) is 16.8. The van der Waals surface area contributed by atoms with E-state index >= 15 is 0 Å². The number of hydrogen-bond acceptors (Lipinski definition) is 5. The third-order valence-electron chi connectivity index (χ3n) is 3.59. The van der Waals surface area contributed by atoms with Crippen LogP contribution in [-0.2, 0) is 12.8 Å². The van der Waals surface area contributed by atoms with Gasteiger partial charge in [-0.15, -0.1) is 0 Å². The number of ether oxygens (including phenoxy) is 1. The lowest BCUT2D eigenvalue weighted by Gasteiger charge is -2.04. The van der Waals surface area contributed by atoms with Gasteiger partial charge in [0.1, 0.15) is 17.4 Å². The van der Waals surface area contributed by atoms with Gasteiger partial charge in [-0.25, -0.2) is 9.37 Å². The highest BCUT2D eigenvalue weighted by Crippen LogP contribution is 2.15. The number of nitrogens with zero attached hydrogens (tertiary/aromatic N) is 2. The number of benzene rings is 2. The van der Waals surface area contributed by atoms with Crippen molar-refractivity contribution in [3.8, 4) is 5.75 Å². The molecule has 0 fully saturated rings. The van der Waals surface area contributed by atoms with Crippen LogP contribution in [0.2, 0.25) is 0 Å². The van der Waals surface area contributed by atoms with Crippen LogP contribution in [0.3, 0.4) is 0 Å². The van der Waals surface area contributed by atoms with Crippen LogP contribution in [0, 0.1) is 5.82 Å². The molecule has 0 saturated heterocycles. The highest BCUT2D eigenvalue weighted by atomic mass is 32.1. The second-order valence-electron chi connectivity index (χ2n) is 5.34. The molecule has 124 valence electrons. The van der Waals surface area contributed by atoms with Crippen LogP contribution in [0.1, 0.15) is 17.0 Å². The molecule has 6 heteroatoms. The van der Waals surface area contributed by atoms with E-state index in [1.54, 1.807) is 19.2 Å². The first kappa shape index (κ1) is 16.4. The molecule has 1 heterocycles. The summed E-state index contributed by atoms with van der Waals surface area (Å²) in [7, 11) is 1.66. The van der Waals surface area contributed by atoms with Crippen molar-refractivity contribution in [1.29, 1.82) is 0 Å². The predicted octanol–water partition coefficient (Wildman–Crippen LogP) is 3.93. The Kier molecular flexibility index (Phi) is 5.38. The number of anilines is 1. The highest BCUT2D eigenvalue weighted by Gasteiger charge is 2.05. The molecule has 0 bridgehead atoms. The Morgan fingerprint density at radius 3 is 2.46 bits per heavy atom. The maximum absolute atomic E-state index is 12.9. The lowest BCUT2D eigenvalue weighted by molar-refractivity contribution is 0.414. The zero-order valence-electron chi connectivity index (χ0n) is 13.3. The fraction of sp³-hybridized carbons (Fsp3) is 0.222. The summed E-state index contributed by atoms with van der Waals surface area (Å²) in [6.45, 7) is 0.789. The van der Waals surface area contributed by atoms with Crippen molar-refractivity contribution in [3.63, 3.8) is 0 Å². The Bertz CT molecular complexity index is 772. The van der Waals surface area contributed by atoms with E-state index in [0.29, 0.717) is 6.42 Å². The van der Waals surface area contributed by atoms with Crippen molar-refractivity contribution >= 4 is 16.7 Å². The van der Waals surface area contributed by atoms with Gasteiger partial charge in [0.25, 0.3) is 0 Å². The van der Waals surface area contributed by atoms with Gasteiger partial charge in [-0.3, -0.25) is 0 Å². The first-order chi connectivity index (χ1) is 11.7. The monoisotopic (exact) mass is 343 g/mol. The van der Waals surface area contributed by atoms with Gasteiger partial charge < -0.3 is 10.1 Å². The molecule has 0 aliphatic heterocycles. The number of methoxy groups -OCH3 is 1. The third kappa shape index (κ3) is 4.52. The molecule has 0 atom stereocenters. The molecule has 1 aromatic heterocycles. The molecule has 0 unspecified atom stereocenters. The molecule has 0 aliphatic rings. The zero-order valence-corrected chi connectivity index (χ0v) is 14.1. The molecule has 0 radical (unpaired) electrons. The molecular formula is C18H18FN3OS. The molecule has 24 heavy (non-hydrogen) atoms. The first-order valence-corrected chi connectivity index (χ1v) is 8.44. The maximum Gasteiger partial charge on any atom is 0.202 e. The highest BCUT2D eigenvalue weighted by molar-refractivity contribution is 7.09. The standard InChI is InChI=1S/C18H18FN3OS/c1-23-16-8-4-13(5-9-16)10-11-20-18-21-17(22-24-18)12-14-2-6-15(19)7-3-14/h2-9H,10-12H2,1H3,(H,20,21,22). The normalized spacial score (nSPS) is 10.6. The molecule has 0 saturated carbocycles. The van der Waals surface area contributed by atoms with Crippen molar-refractivity contribution in [2.24, 2.45) is 0 Å². The van der Waals surface area contributed by atoms with Crippen molar-refractivity contribution in [2.45, 2.75) is 12.8 Å². The van der Waals surface area contributed by atoms with Crippen molar-refractivity contribution < 1.29 is 9.13 Å². The van der Waals surface area contributed by atoms with Gasteiger partial charge >= 0.3 is 0 Å². The topological polar surface area (TPSA) is 47.0 Å². The Morgan fingerprint density at radius 1 is 1.04 bits per heavy atom. The summed E-state index contributed by atoms with van der Waals surface area (Å²) in [4.78, 5) is 4.47. The second-order valence-corrected chi connectivity index (χ2v) is 6.10. The van der Waals surface area contributed by atoms with Crippen molar-refractivity contribution in [3.05, 3.63) is 71.3 Å². The average Bonchev–Trinajstić information content (AvgIpc) is 3.05. The molecule has 3 rings (SSSR count). The van der Waals surface area contributed by atoms with Crippen LogP contribution in [0.4, 0.5) is 9.52 Å². The quantitative estimate of drug-likeness (QED) is 0.706. The molecule has 3 aromatic rings. The number of rotatable bonds is 7. The average molecular weight is 343 g/mol. The van der Waals surface area contributed by atoms with Crippen LogP contribution in [-0.4, -0.2) is 23.0 Å². The van der Waals surface area contributed by atoms with Gasteiger partial charge in [-0.1, -0.05) is 24.3 Å². The van der Waals surface area contributed by atoms with E-state index in [4.69, 9.17) is 4.74 Å². The van der Waals surface area contributed by atoms with Crippen LogP contribution < -0.4 is 10.1 Å². The molecule has 0 amide bonds. The van der Waals surface area contributed by atoms with Gasteiger partial charge in [0.15, 0.2) is 0 Å². The number of hydrogen-bond donors (Lipinski definition) is 1. The third-order valence-corrected chi connectivity index (χ3v) is 4.30. The van der Waals surface area contributed by atoms with Crippen LogP contribution in [0.15, 0.2) is 48.5 Å². The van der Waals surface area contributed by atoms with Gasteiger partial charge in [0.2, 0.25) is 5.13 Å². The summed E-state index contributed by atoms with van der Waals surface area (Å²) in [5, 5.41) is 4.10. The summed E-state index contributed by atoms with van der Waals surface area (Å²) in [6, 6.07) is 14.5. The predicted molar refractivity (Wildman–Crippen MR) is 94.3 cm³/mol. The lowest BCUT2D eigenvalue weighted by atomic mass is 10.1. The molecular weight excluding hydrogens is 325 g/mol. The van der Waals surface area contributed by atoms with E-state index in [1.807, 2.05) is 12.1 Å². The summed E-state index contributed by atoms with van der Waals surface area (Å²) in [5.41, 5.74) is 2.23. The van der Waals surface area contributed by atoms with Gasteiger partial charge in [-0.2, -0.15) is 4.37 Å². The van der Waals surface area contributed by atoms with Crippen molar-refractivity contribution in [1.82, 2.24) is 9.36 Å². The Hall–Kier alpha value is -2.47. The summed E-state index contributed by atoms with van der Waals surface area (Å²) >= 11 is 1.35. The molecule has 1 N–H and O–H groups in total. The van der Waals surface area contributed by atoms with E-state index in [0.717, 1.165) is 35.2 Å². The SMILES string of the molecule is COc1ccc(CCNc2nc(Cc3ccc(F)cc3)ns2)cc1. The van der Waals surface area contributed by atoms with Gasteiger partial charge in [0.05, 0.1) is 7.11 Å². The summed E-state index contributed by atoms with van der Waals surface area (Å²) in [6.07, 6.45) is 1.51. The minimum atomic E-state index is -0.231. The summed E-state index contributed by atoms with van der Waals surface area (Å²) < 4.78 is 22.4. The minimum Gasteiger partial charge on any atom is -0.497 e. The minimum absolute atomic E-state index is 0.231. The second kappa shape index (κ2) is 7.88. The summed E-state index contributed by atoms with van der Waals surface area (Å²) in [5.74, 6) is 1.38. The van der Waals surface area contributed by atoms with Crippen molar-refractivity contribution in [2.75, 3.05) is 19.0 Å². The Labute approximate surface area is 144 Å². The van der Waals surface area contributed by atoms with E-state index < -0.39 is 0 Å². The van der Waals surface area contributed by atoms with Crippen LogP contribution >= 0.6 is 11.5 Å². The van der Waals surface area contributed by atoms with Crippen LogP contribution in [0.25, 0.3) is 0 Å². The van der Waals surface area contributed by atoms with E-state index in [-0.39, 0.29) is 5.82 Å². The Morgan fingerprint density at radius 2 is 1.75 bits per heavy atom. The van der Waals surface area contributed by atoms with Crippen LogP contribution in [0.5, 0.6) is 5.75 Å². The van der Waals surface area contributed by atoms with E-state index in [9.17, 15) is 4.39 Å². The largest absolute Gasteiger partial charge is 0.497 e. The molecule has 0 spiro atoms. The molecule has 0 aliphatic carbocycles. The number of halogens is 1. The molecule has 2 aromatic carbocycles. The fourth-order valence-electron chi connectivity index (χ4n) is 2.29. The van der Waals surface area contributed by atoms with Gasteiger partial charge in [-0.05, 0) is 41.8 Å². The number of nitrogens with one attached hydrogen (secondary N) is 1. The van der Waals surface area contributed by atoms with E-state index in [2.05, 4.69) is 26.8 Å². The van der Waals surface area contributed by atoms with E-state index in [1.165, 1.54) is 29.2 Å².